The molecule has 1 aliphatic heterocycles. The Labute approximate surface area is 179 Å². The van der Waals surface area contributed by atoms with Gasteiger partial charge in [0.05, 0.1) is 20.3 Å². The van der Waals surface area contributed by atoms with Gasteiger partial charge in [-0.1, -0.05) is 19.8 Å². The Morgan fingerprint density at radius 2 is 1.63 bits per heavy atom. The number of hydrogen-bond acceptors (Lipinski definition) is 5. The molecule has 1 saturated heterocycles. The van der Waals surface area contributed by atoms with Crippen LogP contribution in [0.4, 0.5) is 0 Å². The zero-order chi connectivity index (χ0) is 21.5. The van der Waals surface area contributed by atoms with Gasteiger partial charge in [0, 0.05) is 44.4 Å². The summed E-state index contributed by atoms with van der Waals surface area (Å²) >= 11 is 0. The highest BCUT2D eigenvalue weighted by Gasteiger charge is 2.37. The van der Waals surface area contributed by atoms with Crippen molar-refractivity contribution in [2.75, 3.05) is 46.9 Å². The number of ether oxygens (including phenoxy) is 2. The van der Waals surface area contributed by atoms with E-state index in [0.717, 1.165) is 25.8 Å². The van der Waals surface area contributed by atoms with Crippen molar-refractivity contribution in [2.24, 2.45) is 5.92 Å². The Balaban J connectivity index is 1.66. The molecule has 3 rings (SSSR count). The summed E-state index contributed by atoms with van der Waals surface area (Å²) in [6.45, 7) is 5.45. The number of amides is 2. The Bertz CT molecular complexity index is 703. The van der Waals surface area contributed by atoms with Crippen LogP contribution in [0.1, 0.15) is 49.4 Å². The Hall–Kier alpha value is -2.28. The largest absolute Gasteiger partial charge is 0.497 e. The smallest absolute Gasteiger partial charge is 0.254 e. The molecule has 30 heavy (non-hydrogen) atoms. The third-order valence-corrected chi connectivity index (χ3v) is 6.26. The molecule has 1 aromatic carbocycles. The first-order chi connectivity index (χ1) is 14.6. The first-order valence-electron chi connectivity index (χ1n) is 11.1. The summed E-state index contributed by atoms with van der Waals surface area (Å²) in [7, 11) is 3.16. The maximum atomic E-state index is 13.1. The van der Waals surface area contributed by atoms with Gasteiger partial charge in [-0.15, -0.1) is 0 Å². The van der Waals surface area contributed by atoms with E-state index < -0.39 is 0 Å². The molecule has 1 N–H and O–H groups in total. The summed E-state index contributed by atoms with van der Waals surface area (Å²) in [6, 6.07) is 5.18. The maximum Gasteiger partial charge on any atom is 0.254 e. The summed E-state index contributed by atoms with van der Waals surface area (Å²) in [5, 5.41) is 3.10. The van der Waals surface area contributed by atoms with E-state index in [1.54, 1.807) is 32.4 Å². The van der Waals surface area contributed by atoms with Gasteiger partial charge in [-0.3, -0.25) is 14.5 Å². The van der Waals surface area contributed by atoms with Crippen LogP contribution in [0.5, 0.6) is 11.5 Å². The Morgan fingerprint density at radius 1 is 1.03 bits per heavy atom. The minimum atomic E-state index is -0.0757. The molecule has 166 valence electrons. The molecule has 1 atom stereocenters. The van der Waals surface area contributed by atoms with Crippen LogP contribution in [0.25, 0.3) is 0 Å². The third-order valence-electron chi connectivity index (χ3n) is 6.26. The van der Waals surface area contributed by atoms with Gasteiger partial charge in [0.1, 0.15) is 11.5 Å². The molecule has 0 spiro atoms. The van der Waals surface area contributed by atoms with Crippen molar-refractivity contribution in [3.05, 3.63) is 23.8 Å². The number of methoxy groups -OCH3 is 2. The van der Waals surface area contributed by atoms with E-state index in [4.69, 9.17) is 9.47 Å². The van der Waals surface area contributed by atoms with Crippen molar-refractivity contribution < 1.29 is 19.1 Å². The van der Waals surface area contributed by atoms with E-state index in [9.17, 15) is 9.59 Å². The Morgan fingerprint density at radius 3 is 2.17 bits per heavy atom. The summed E-state index contributed by atoms with van der Waals surface area (Å²) < 4.78 is 10.6. The molecule has 1 heterocycles. The van der Waals surface area contributed by atoms with Crippen LogP contribution in [0.3, 0.4) is 0 Å². The molecular formula is C23H35N3O4. The lowest BCUT2D eigenvalue weighted by atomic mass is 9.95. The second-order valence-corrected chi connectivity index (χ2v) is 8.21. The normalized spacial score (nSPS) is 18.8. The van der Waals surface area contributed by atoms with Gasteiger partial charge in [-0.25, -0.2) is 0 Å². The number of carbonyl (C=O) groups excluding carboxylic acids is 2. The standard InChI is InChI=1S/C23H35N3O4/c1-4-9-24-22(27)21(17-7-5-6-8-17)25-10-12-26(13-11-25)23(28)18-14-19(29-2)16-20(15-18)30-3/h14-17,21H,4-13H2,1-3H3,(H,24,27)/t21-/m1/s1. The SMILES string of the molecule is CCCNC(=O)[C@@H](C1CCCC1)N1CCN(C(=O)c2cc(OC)cc(OC)c2)CC1. The summed E-state index contributed by atoms with van der Waals surface area (Å²) in [5.74, 6) is 1.75. The lowest BCUT2D eigenvalue weighted by Gasteiger charge is -2.40. The van der Waals surface area contributed by atoms with Crippen molar-refractivity contribution >= 4 is 11.8 Å². The molecule has 7 heteroatoms. The molecule has 1 aliphatic carbocycles. The van der Waals surface area contributed by atoms with Crippen LogP contribution < -0.4 is 14.8 Å². The molecule has 1 aromatic rings. The molecule has 0 aromatic heterocycles. The van der Waals surface area contributed by atoms with Gasteiger partial charge in [-0.05, 0) is 37.3 Å². The fourth-order valence-electron chi connectivity index (χ4n) is 4.62. The molecule has 7 nitrogen and oxygen atoms in total. The van der Waals surface area contributed by atoms with Crippen LogP contribution in [-0.2, 0) is 4.79 Å². The zero-order valence-corrected chi connectivity index (χ0v) is 18.5. The fourth-order valence-corrected chi connectivity index (χ4v) is 4.62. The molecule has 2 fully saturated rings. The van der Waals surface area contributed by atoms with Gasteiger partial charge in [0.25, 0.3) is 5.91 Å². The number of piperazine rings is 1. The van der Waals surface area contributed by atoms with E-state index in [0.29, 0.717) is 49.2 Å². The second kappa shape index (κ2) is 10.7. The van der Waals surface area contributed by atoms with Crippen LogP contribution >= 0.6 is 0 Å². The van der Waals surface area contributed by atoms with Crippen LogP contribution in [0.15, 0.2) is 18.2 Å². The molecular weight excluding hydrogens is 382 g/mol. The highest BCUT2D eigenvalue weighted by atomic mass is 16.5. The number of nitrogens with zero attached hydrogens (tertiary/aromatic N) is 2. The summed E-state index contributed by atoms with van der Waals surface area (Å²) in [6.07, 6.45) is 5.59. The first kappa shape index (κ1) is 22.4. The highest BCUT2D eigenvalue weighted by Crippen LogP contribution is 2.31. The molecule has 0 radical (unpaired) electrons. The molecule has 2 amide bonds. The fraction of sp³-hybridized carbons (Fsp3) is 0.652. The predicted molar refractivity (Wildman–Crippen MR) is 116 cm³/mol. The van der Waals surface area contributed by atoms with Gasteiger partial charge in [0.2, 0.25) is 5.91 Å². The maximum absolute atomic E-state index is 13.1. The number of hydrogen-bond donors (Lipinski definition) is 1. The summed E-state index contributed by atoms with van der Waals surface area (Å²) in [5.41, 5.74) is 0.563. The molecule has 0 bridgehead atoms. The van der Waals surface area contributed by atoms with Crippen molar-refractivity contribution in [3.63, 3.8) is 0 Å². The van der Waals surface area contributed by atoms with Crippen LogP contribution in [0, 0.1) is 5.92 Å². The zero-order valence-electron chi connectivity index (χ0n) is 18.5. The van der Waals surface area contributed by atoms with Crippen molar-refractivity contribution in [3.8, 4) is 11.5 Å². The lowest BCUT2D eigenvalue weighted by molar-refractivity contribution is -0.129. The van der Waals surface area contributed by atoms with Gasteiger partial charge >= 0.3 is 0 Å². The van der Waals surface area contributed by atoms with Crippen molar-refractivity contribution in [1.82, 2.24) is 15.1 Å². The van der Waals surface area contributed by atoms with Crippen LogP contribution in [0.2, 0.25) is 0 Å². The van der Waals surface area contributed by atoms with Crippen molar-refractivity contribution in [1.29, 1.82) is 0 Å². The number of benzene rings is 1. The summed E-state index contributed by atoms with van der Waals surface area (Å²) in [4.78, 5) is 30.1. The number of rotatable bonds is 8. The van der Waals surface area contributed by atoms with Crippen LogP contribution in [-0.4, -0.2) is 74.6 Å². The average Bonchev–Trinajstić information content (AvgIpc) is 3.31. The first-order valence-corrected chi connectivity index (χ1v) is 11.1. The molecule has 2 aliphatic rings. The quantitative estimate of drug-likeness (QED) is 0.704. The number of carbonyl (C=O) groups is 2. The lowest BCUT2D eigenvalue weighted by Crippen LogP contribution is -2.58. The van der Waals surface area contributed by atoms with E-state index in [1.165, 1.54) is 12.8 Å². The topological polar surface area (TPSA) is 71.1 Å². The average molecular weight is 418 g/mol. The Kier molecular flexibility index (Phi) is 7.96. The number of nitrogens with one attached hydrogen (secondary N) is 1. The van der Waals surface area contributed by atoms with E-state index in [2.05, 4.69) is 17.1 Å². The second-order valence-electron chi connectivity index (χ2n) is 8.21. The van der Waals surface area contributed by atoms with Gasteiger partial charge in [0.15, 0.2) is 0 Å². The molecule has 1 saturated carbocycles. The van der Waals surface area contributed by atoms with E-state index >= 15 is 0 Å². The van der Waals surface area contributed by atoms with Crippen molar-refractivity contribution in [2.45, 2.75) is 45.1 Å². The minimum Gasteiger partial charge on any atom is -0.497 e. The van der Waals surface area contributed by atoms with E-state index in [1.807, 2.05) is 4.90 Å². The third kappa shape index (κ3) is 5.25. The highest BCUT2D eigenvalue weighted by molar-refractivity contribution is 5.95. The predicted octanol–water partition coefficient (Wildman–Crippen LogP) is 2.55. The van der Waals surface area contributed by atoms with Gasteiger partial charge < -0.3 is 19.7 Å². The van der Waals surface area contributed by atoms with E-state index in [-0.39, 0.29) is 17.9 Å². The van der Waals surface area contributed by atoms with Gasteiger partial charge in [-0.2, -0.15) is 0 Å². The minimum absolute atomic E-state index is 0.0281. The molecule has 0 unspecified atom stereocenters. The monoisotopic (exact) mass is 417 g/mol.